The summed E-state index contributed by atoms with van der Waals surface area (Å²) in [5.41, 5.74) is 4.85. The number of hydrogen-bond donors (Lipinski definition) is 1. The molecular formula is C27H29N3O3. The van der Waals surface area contributed by atoms with Crippen molar-refractivity contribution in [1.29, 1.82) is 0 Å². The van der Waals surface area contributed by atoms with E-state index in [0.29, 0.717) is 30.7 Å². The maximum absolute atomic E-state index is 13.6. The van der Waals surface area contributed by atoms with Crippen molar-refractivity contribution < 1.29 is 9.84 Å². The molecule has 4 aromatic rings. The average molecular weight is 444 g/mol. The van der Waals surface area contributed by atoms with E-state index >= 15 is 0 Å². The third-order valence-corrected chi connectivity index (χ3v) is 6.60. The Morgan fingerprint density at radius 3 is 2.58 bits per heavy atom. The zero-order valence-corrected chi connectivity index (χ0v) is 19.0. The lowest BCUT2D eigenvalue weighted by atomic mass is 9.94. The number of pyridine rings is 1. The van der Waals surface area contributed by atoms with Gasteiger partial charge in [0.05, 0.1) is 29.5 Å². The van der Waals surface area contributed by atoms with Gasteiger partial charge < -0.3 is 9.84 Å². The highest BCUT2D eigenvalue weighted by molar-refractivity contribution is 6.06. The number of aliphatic hydroxyl groups is 1. The van der Waals surface area contributed by atoms with Crippen LogP contribution in [0.5, 0.6) is 0 Å². The molecular weight excluding hydrogens is 414 g/mol. The standard InChI is InChI=1S/C27H29N3O3/c1-2-3-18-5-7-23-24(13-18)20(12-19-4-6-21(16-31)28-15-19)14-25-26(23)29-17-30(27(25)32)22-8-10-33-11-9-22/h4-7,13-15,17,22,31H,2-3,8-12,16H2,1H3. The van der Waals surface area contributed by atoms with Crippen molar-refractivity contribution in [2.24, 2.45) is 0 Å². The van der Waals surface area contributed by atoms with Crippen LogP contribution < -0.4 is 5.56 Å². The van der Waals surface area contributed by atoms with E-state index in [9.17, 15) is 9.90 Å². The minimum atomic E-state index is -0.0724. The lowest BCUT2D eigenvalue weighted by Crippen LogP contribution is -2.29. The maximum Gasteiger partial charge on any atom is 0.261 e. The first-order valence-electron chi connectivity index (χ1n) is 11.8. The van der Waals surface area contributed by atoms with Gasteiger partial charge in [-0.2, -0.15) is 0 Å². The molecule has 0 bridgehead atoms. The number of aromatic nitrogens is 3. The van der Waals surface area contributed by atoms with Crippen molar-refractivity contribution in [3.8, 4) is 0 Å². The van der Waals surface area contributed by atoms with Crippen molar-refractivity contribution in [2.45, 2.75) is 51.7 Å². The second-order valence-corrected chi connectivity index (χ2v) is 8.86. The minimum Gasteiger partial charge on any atom is -0.390 e. The topological polar surface area (TPSA) is 77.2 Å². The van der Waals surface area contributed by atoms with Crippen LogP contribution in [0, 0.1) is 0 Å². The summed E-state index contributed by atoms with van der Waals surface area (Å²) in [6.07, 6.45) is 7.94. The number of fused-ring (bicyclic) bond motifs is 3. The second kappa shape index (κ2) is 9.41. The average Bonchev–Trinajstić information content (AvgIpc) is 2.86. The van der Waals surface area contributed by atoms with Crippen LogP contribution in [0.4, 0.5) is 0 Å². The third kappa shape index (κ3) is 4.28. The van der Waals surface area contributed by atoms with E-state index in [1.54, 1.807) is 17.1 Å². The zero-order chi connectivity index (χ0) is 22.8. The third-order valence-electron chi connectivity index (χ3n) is 6.60. The van der Waals surface area contributed by atoms with Crippen LogP contribution >= 0.6 is 0 Å². The first-order valence-corrected chi connectivity index (χ1v) is 11.8. The van der Waals surface area contributed by atoms with Crippen LogP contribution in [-0.2, 0) is 24.2 Å². The van der Waals surface area contributed by atoms with Crippen molar-refractivity contribution in [1.82, 2.24) is 14.5 Å². The van der Waals surface area contributed by atoms with Gasteiger partial charge in [-0.1, -0.05) is 37.6 Å². The molecule has 0 atom stereocenters. The Labute approximate surface area is 192 Å². The Kier molecular flexibility index (Phi) is 6.20. The summed E-state index contributed by atoms with van der Waals surface area (Å²) in [6.45, 7) is 3.46. The molecule has 1 saturated heterocycles. The Morgan fingerprint density at radius 1 is 1.03 bits per heavy atom. The largest absolute Gasteiger partial charge is 0.390 e. The molecule has 3 heterocycles. The van der Waals surface area contributed by atoms with Crippen LogP contribution in [0.3, 0.4) is 0 Å². The molecule has 170 valence electrons. The monoisotopic (exact) mass is 443 g/mol. The van der Waals surface area contributed by atoms with Gasteiger partial charge in [-0.15, -0.1) is 0 Å². The van der Waals surface area contributed by atoms with Gasteiger partial charge in [0.1, 0.15) is 0 Å². The molecule has 0 unspecified atom stereocenters. The zero-order valence-electron chi connectivity index (χ0n) is 19.0. The summed E-state index contributed by atoms with van der Waals surface area (Å²) in [7, 11) is 0. The number of benzene rings is 2. The summed E-state index contributed by atoms with van der Waals surface area (Å²) in [4.78, 5) is 22.7. The quantitative estimate of drug-likeness (QED) is 0.449. The number of aryl methyl sites for hydroxylation is 1. The molecule has 2 aromatic heterocycles. The molecule has 0 aliphatic carbocycles. The van der Waals surface area contributed by atoms with Crippen molar-refractivity contribution >= 4 is 21.7 Å². The van der Waals surface area contributed by atoms with Crippen molar-refractivity contribution in [3.63, 3.8) is 0 Å². The molecule has 0 spiro atoms. The number of ether oxygens (including phenoxy) is 1. The number of hydrogen-bond acceptors (Lipinski definition) is 5. The van der Waals surface area contributed by atoms with Gasteiger partial charge >= 0.3 is 0 Å². The van der Waals surface area contributed by atoms with Gasteiger partial charge in [-0.3, -0.25) is 14.3 Å². The minimum absolute atomic E-state index is 0.0152. The molecule has 0 saturated carbocycles. The van der Waals surface area contributed by atoms with Gasteiger partial charge in [-0.05, 0) is 59.9 Å². The van der Waals surface area contributed by atoms with Crippen LogP contribution in [-0.4, -0.2) is 32.9 Å². The van der Waals surface area contributed by atoms with Crippen LogP contribution in [0.25, 0.3) is 21.7 Å². The van der Waals surface area contributed by atoms with E-state index in [-0.39, 0.29) is 18.2 Å². The Morgan fingerprint density at radius 2 is 1.85 bits per heavy atom. The second-order valence-electron chi connectivity index (χ2n) is 8.86. The van der Waals surface area contributed by atoms with Crippen LogP contribution in [0.2, 0.25) is 0 Å². The molecule has 2 aromatic carbocycles. The smallest absolute Gasteiger partial charge is 0.261 e. The van der Waals surface area contributed by atoms with Gasteiger partial charge in [0, 0.05) is 30.8 Å². The van der Waals surface area contributed by atoms with Crippen LogP contribution in [0.15, 0.2) is 53.7 Å². The lowest BCUT2D eigenvalue weighted by molar-refractivity contribution is 0.0685. The lowest BCUT2D eigenvalue weighted by Gasteiger charge is -2.24. The van der Waals surface area contributed by atoms with Gasteiger partial charge in [-0.25, -0.2) is 4.98 Å². The molecule has 5 rings (SSSR count). The number of rotatable bonds is 6. The molecule has 33 heavy (non-hydrogen) atoms. The molecule has 1 fully saturated rings. The van der Waals surface area contributed by atoms with E-state index in [0.717, 1.165) is 53.1 Å². The van der Waals surface area contributed by atoms with Crippen molar-refractivity contribution in [2.75, 3.05) is 13.2 Å². The van der Waals surface area contributed by atoms with E-state index in [1.807, 2.05) is 18.2 Å². The molecule has 6 heteroatoms. The van der Waals surface area contributed by atoms with Gasteiger partial charge in [0.2, 0.25) is 0 Å². The normalized spacial score (nSPS) is 14.8. The Balaban J connectivity index is 1.68. The summed E-state index contributed by atoms with van der Waals surface area (Å²) in [5, 5.41) is 12.1. The van der Waals surface area contributed by atoms with E-state index in [4.69, 9.17) is 9.72 Å². The maximum atomic E-state index is 13.6. The predicted octanol–water partition coefficient (Wildman–Crippen LogP) is 4.33. The summed E-state index contributed by atoms with van der Waals surface area (Å²) in [5.74, 6) is 0. The summed E-state index contributed by atoms with van der Waals surface area (Å²) < 4.78 is 7.28. The molecule has 0 amide bonds. The van der Waals surface area contributed by atoms with Gasteiger partial charge in [0.15, 0.2) is 0 Å². The van der Waals surface area contributed by atoms with Crippen molar-refractivity contribution in [3.05, 3.63) is 81.7 Å². The molecule has 1 aliphatic rings. The fourth-order valence-corrected chi connectivity index (χ4v) is 4.83. The van der Waals surface area contributed by atoms with E-state index in [1.165, 1.54) is 5.56 Å². The Hall–Kier alpha value is -3.09. The highest BCUT2D eigenvalue weighted by Crippen LogP contribution is 2.30. The molecule has 6 nitrogen and oxygen atoms in total. The summed E-state index contributed by atoms with van der Waals surface area (Å²) >= 11 is 0. The summed E-state index contributed by atoms with van der Waals surface area (Å²) in [6, 6.07) is 12.5. The van der Waals surface area contributed by atoms with E-state index in [2.05, 4.69) is 30.1 Å². The number of aliphatic hydroxyl groups excluding tert-OH is 1. The highest BCUT2D eigenvalue weighted by atomic mass is 16.5. The predicted molar refractivity (Wildman–Crippen MR) is 130 cm³/mol. The first-order chi connectivity index (χ1) is 16.2. The molecule has 1 N–H and O–H groups in total. The SMILES string of the molecule is CCCc1ccc2c(c1)c(Cc1ccc(CO)nc1)cc1c(=O)n(C3CCOCC3)cnc12. The molecule has 0 radical (unpaired) electrons. The fraction of sp³-hybridized carbons (Fsp3) is 0.370. The highest BCUT2D eigenvalue weighted by Gasteiger charge is 2.19. The molecule has 1 aliphatic heterocycles. The van der Waals surface area contributed by atoms with Crippen LogP contribution in [0.1, 0.15) is 54.6 Å². The number of nitrogens with zero attached hydrogens (tertiary/aromatic N) is 3. The van der Waals surface area contributed by atoms with Gasteiger partial charge in [0.25, 0.3) is 5.56 Å². The van der Waals surface area contributed by atoms with E-state index < -0.39 is 0 Å². The Bertz CT molecular complexity index is 1340. The first kappa shape index (κ1) is 21.7. The fourth-order valence-electron chi connectivity index (χ4n) is 4.83.